The summed E-state index contributed by atoms with van der Waals surface area (Å²) in [6.45, 7) is 2.70. The quantitative estimate of drug-likeness (QED) is 0.690. The molecule has 1 N–H and O–H groups in total. The Hall–Kier alpha value is -1.14. The van der Waals surface area contributed by atoms with Crippen LogP contribution in [0.1, 0.15) is 0 Å². The molecule has 1 atom stereocenters. The van der Waals surface area contributed by atoms with E-state index in [1.54, 1.807) is 19.0 Å². The second-order valence-electron chi connectivity index (χ2n) is 4.82. The third-order valence-corrected chi connectivity index (χ3v) is 2.96. The Balaban J connectivity index is 2.68. The fourth-order valence-corrected chi connectivity index (χ4v) is 2.10. The van der Waals surface area contributed by atoms with E-state index in [0.717, 1.165) is 6.54 Å². The average molecular weight is 243 g/mol. The Kier molecular flexibility index (Phi) is 4.89. The highest BCUT2D eigenvalue weighted by molar-refractivity contribution is 5.79. The minimum Gasteiger partial charge on any atom is -0.480 e. The zero-order valence-electron chi connectivity index (χ0n) is 10.7. The topological polar surface area (TPSA) is 64.1 Å². The normalized spacial score (nSPS) is 23.1. The van der Waals surface area contributed by atoms with E-state index in [1.165, 1.54) is 0 Å². The number of carboxylic acid groups (broad SMARTS) is 1. The number of likely N-dealkylation sites (N-methyl/N-ethyl adjacent to an activating group) is 1. The molecule has 0 radical (unpaired) electrons. The van der Waals surface area contributed by atoms with Crippen molar-refractivity contribution in [2.45, 2.75) is 0 Å². The van der Waals surface area contributed by atoms with Gasteiger partial charge >= 0.3 is 5.97 Å². The third kappa shape index (κ3) is 4.32. The second kappa shape index (κ2) is 5.97. The Labute approximate surface area is 102 Å². The lowest BCUT2D eigenvalue weighted by Crippen LogP contribution is -2.41. The first kappa shape index (κ1) is 13.9. The van der Waals surface area contributed by atoms with Crippen molar-refractivity contribution in [3.8, 4) is 0 Å². The molecule has 0 aromatic carbocycles. The molecule has 1 aliphatic rings. The highest BCUT2D eigenvalue weighted by atomic mass is 16.4. The summed E-state index contributed by atoms with van der Waals surface area (Å²) in [7, 11) is 5.42. The maximum atomic E-state index is 12.0. The SMILES string of the molecule is CN1CCN(CC(=O)O)C[C@@H](C(=O)N(C)C)C1. The average Bonchev–Trinajstić information content (AvgIpc) is 2.39. The van der Waals surface area contributed by atoms with Gasteiger partial charge in [-0.25, -0.2) is 0 Å². The Morgan fingerprint density at radius 2 is 1.94 bits per heavy atom. The van der Waals surface area contributed by atoms with Crippen molar-refractivity contribution in [3.05, 3.63) is 0 Å². The van der Waals surface area contributed by atoms with Gasteiger partial charge in [-0.15, -0.1) is 0 Å². The summed E-state index contributed by atoms with van der Waals surface area (Å²) in [5, 5.41) is 8.81. The molecule has 1 saturated heterocycles. The maximum Gasteiger partial charge on any atom is 0.317 e. The van der Waals surface area contributed by atoms with E-state index in [4.69, 9.17) is 5.11 Å². The van der Waals surface area contributed by atoms with E-state index in [2.05, 4.69) is 4.90 Å². The lowest BCUT2D eigenvalue weighted by Gasteiger charge is -2.24. The summed E-state index contributed by atoms with van der Waals surface area (Å²) in [4.78, 5) is 28.2. The number of carbonyl (C=O) groups is 2. The number of aliphatic carboxylic acids is 1. The molecule has 0 aromatic rings. The van der Waals surface area contributed by atoms with Crippen LogP contribution in [0.2, 0.25) is 0 Å². The van der Waals surface area contributed by atoms with Crippen LogP contribution in [-0.4, -0.2) is 85.5 Å². The lowest BCUT2D eigenvalue weighted by molar-refractivity contribution is -0.139. The molecule has 98 valence electrons. The van der Waals surface area contributed by atoms with Crippen molar-refractivity contribution >= 4 is 11.9 Å². The molecule has 1 amide bonds. The van der Waals surface area contributed by atoms with Gasteiger partial charge in [-0.3, -0.25) is 14.5 Å². The summed E-state index contributed by atoms with van der Waals surface area (Å²) in [6, 6.07) is 0. The number of carboxylic acids is 1. The van der Waals surface area contributed by atoms with Crippen molar-refractivity contribution in [1.82, 2.24) is 14.7 Å². The molecule has 17 heavy (non-hydrogen) atoms. The predicted molar refractivity (Wildman–Crippen MR) is 63.8 cm³/mol. The van der Waals surface area contributed by atoms with Crippen LogP contribution in [0, 0.1) is 5.92 Å². The van der Waals surface area contributed by atoms with Crippen molar-refractivity contribution in [3.63, 3.8) is 0 Å². The molecular formula is C11H21N3O3. The molecule has 0 bridgehead atoms. The molecular weight excluding hydrogens is 222 g/mol. The standard InChI is InChI=1S/C11H21N3O3/c1-12(2)11(17)9-6-13(3)4-5-14(7-9)8-10(15)16/h9H,4-8H2,1-3H3,(H,15,16)/t9-/m0/s1. The van der Waals surface area contributed by atoms with E-state index in [-0.39, 0.29) is 18.4 Å². The monoisotopic (exact) mass is 243 g/mol. The van der Waals surface area contributed by atoms with E-state index in [1.807, 2.05) is 11.9 Å². The minimum atomic E-state index is -0.842. The largest absolute Gasteiger partial charge is 0.480 e. The smallest absolute Gasteiger partial charge is 0.317 e. The Morgan fingerprint density at radius 1 is 1.29 bits per heavy atom. The predicted octanol–water partition coefficient (Wildman–Crippen LogP) is -0.977. The molecule has 0 aliphatic carbocycles. The number of hydrogen-bond acceptors (Lipinski definition) is 4. The van der Waals surface area contributed by atoms with E-state index < -0.39 is 5.97 Å². The molecule has 0 saturated carbocycles. The van der Waals surface area contributed by atoms with Crippen LogP contribution in [0.3, 0.4) is 0 Å². The van der Waals surface area contributed by atoms with Gasteiger partial charge in [0.1, 0.15) is 0 Å². The molecule has 1 fully saturated rings. The van der Waals surface area contributed by atoms with Crippen LogP contribution in [0.25, 0.3) is 0 Å². The summed E-state index contributed by atoms with van der Waals surface area (Å²) in [6.07, 6.45) is 0. The van der Waals surface area contributed by atoms with Crippen molar-refractivity contribution in [2.24, 2.45) is 5.92 Å². The fourth-order valence-electron chi connectivity index (χ4n) is 2.10. The van der Waals surface area contributed by atoms with Gasteiger partial charge in [-0.05, 0) is 7.05 Å². The summed E-state index contributed by atoms with van der Waals surface area (Å²) < 4.78 is 0. The number of rotatable bonds is 3. The molecule has 6 heteroatoms. The number of amides is 1. The van der Waals surface area contributed by atoms with Gasteiger partial charge in [-0.2, -0.15) is 0 Å². The van der Waals surface area contributed by atoms with Crippen molar-refractivity contribution < 1.29 is 14.7 Å². The van der Waals surface area contributed by atoms with Gasteiger partial charge in [0, 0.05) is 40.3 Å². The number of carbonyl (C=O) groups excluding carboxylic acids is 1. The van der Waals surface area contributed by atoms with Crippen LogP contribution >= 0.6 is 0 Å². The van der Waals surface area contributed by atoms with Crippen LogP contribution < -0.4 is 0 Å². The summed E-state index contributed by atoms with van der Waals surface area (Å²) in [5.41, 5.74) is 0. The highest BCUT2D eigenvalue weighted by Crippen LogP contribution is 2.10. The Bertz CT molecular complexity index is 294. The van der Waals surface area contributed by atoms with Crippen molar-refractivity contribution in [2.75, 3.05) is 53.9 Å². The van der Waals surface area contributed by atoms with E-state index in [9.17, 15) is 9.59 Å². The van der Waals surface area contributed by atoms with Gasteiger partial charge < -0.3 is 14.9 Å². The molecule has 6 nitrogen and oxygen atoms in total. The van der Waals surface area contributed by atoms with Gasteiger partial charge in [0.25, 0.3) is 0 Å². The minimum absolute atomic E-state index is 0.00501. The van der Waals surface area contributed by atoms with Gasteiger partial charge in [0.2, 0.25) is 5.91 Å². The third-order valence-electron chi connectivity index (χ3n) is 2.96. The second-order valence-corrected chi connectivity index (χ2v) is 4.82. The molecule has 0 spiro atoms. The number of hydrogen-bond donors (Lipinski definition) is 1. The Morgan fingerprint density at radius 3 is 2.47 bits per heavy atom. The van der Waals surface area contributed by atoms with Gasteiger partial charge in [0.15, 0.2) is 0 Å². The lowest BCUT2D eigenvalue weighted by atomic mass is 10.1. The maximum absolute atomic E-state index is 12.0. The van der Waals surface area contributed by atoms with Crippen LogP contribution in [0.15, 0.2) is 0 Å². The van der Waals surface area contributed by atoms with E-state index in [0.29, 0.717) is 19.6 Å². The summed E-state index contributed by atoms with van der Waals surface area (Å²) in [5.74, 6) is -0.920. The van der Waals surface area contributed by atoms with Crippen LogP contribution in [0.4, 0.5) is 0 Å². The highest BCUT2D eigenvalue weighted by Gasteiger charge is 2.28. The molecule has 0 aromatic heterocycles. The fraction of sp³-hybridized carbons (Fsp3) is 0.818. The molecule has 1 aliphatic heterocycles. The van der Waals surface area contributed by atoms with Gasteiger partial charge in [-0.1, -0.05) is 0 Å². The van der Waals surface area contributed by atoms with E-state index >= 15 is 0 Å². The first-order valence-corrected chi connectivity index (χ1v) is 5.74. The van der Waals surface area contributed by atoms with Gasteiger partial charge in [0.05, 0.1) is 12.5 Å². The summed E-state index contributed by atoms with van der Waals surface area (Å²) >= 11 is 0. The zero-order valence-corrected chi connectivity index (χ0v) is 10.7. The molecule has 1 rings (SSSR count). The molecule has 1 heterocycles. The number of nitrogens with zero attached hydrogens (tertiary/aromatic N) is 3. The van der Waals surface area contributed by atoms with Crippen LogP contribution in [-0.2, 0) is 9.59 Å². The first-order valence-electron chi connectivity index (χ1n) is 5.74. The zero-order chi connectivity index (χ0) is 13.0. The first-order chi connectivity index (χ1) is 7.90. The van der Waals surface area contributed by atoms with Crippen LogP contribution in [0.5, 0.6) is 0 Å². The van der Waals surface area contributed by atoms with Crippen molar-refractivity contribution in [1.29, 1.82) is 0 Å². The molecule has 0 unspecified atom stereocenters.